The number of aliphatic hydroxyl groups is 1. The Morgan fingerprint density at radius 2 is 2.10 bits per heavy atom. The van der Waals surface area contributed by atoms with E-state index >= 15 is 0 Å². The highest BCUT2D eigenvalue weighted by molar-refractivity contribution is 5.84. The molecule has 0 saturated carbocycles. The molecule has 0 spiro atoms. The Bertz CT molecular complexity index is 1030. The number of aromatic nitrogens is 1. The van der Waals surface area contributed by atoms with Gasteiger partial charge in [-0.05, 0) is 36.6 Å². The van der Waals surface area contributed by atoms with Crippen molar-refractivity contribution in [2.75, 3.05) is 20.2 Å². The van der Waals surface area contributed by atoms with Crippen LogP contribution < -0.4 is 9.47 Å². The lowest BCUT2D eigenvalue weighted by Gasteiger charge is -2.36. The number of rotatable bonds is 6. The highest BCUT2D eigenvalue weighted by atomic mass is 19.1. The fourth-order valence-corrected chi connectivity index (χ4v) is 3.89. The summed E-state index contributed by atoms with van der Waals surface area (Å²) in [6.45, 7) is 0.753. The van der Waals surface area contributed by atoms with Gasteiger partial charge in [-0.25, -0.2) is 4.39 Å². The lowest BCUT2D eigenvalue weighted by Crippen LogP contribution is -2.51. The molecule has 1 aliphatic heterocycles. The van der Waals surface area contributed by atoms with Crippen LogP contribution in [-0.4, -0.2) is 53.3 Å². The zero-order chi connectivity index (χ0) is 21.1. The van der Waals surface area contributed by atoms with Crippen LogP contribution in [0.25, 0.3) is 10.9 Å². The molecule has 2 aromatic carbocycles. The molecular weight excluding hydrogens is 387 g/mol. The molecule has 0 aliphatic carbocycles. The van der Waals surface area contributed by atoms with Crippen molar-refractivity contribution in [3.63, 3.8) is 0 Å². The number of carbonyl (C=O) groups excluding carboxylic acids is 1. The van der Waals surface area contributed by atoms with Crippen LogP contribution in [-0.2, 0) is 11.2 Å². The smallest absolute Gasteiger partial charge is 0.223 e. The summed E-state index contributed by atoms with van der Waals surface area (Å²) < 4.78 is 24.5. The average Bonchev–Trinajstić information content (AvgIpc) is 3.17. The highest BCUT2D eigenvalue weighted by Crippen LogP contribution is 2.30. The first kappa shape index (κ1) is 20.2. The Kier molecular flexibility index (Phi) is 5.90. The van der Waals surface area contributed by atoms with Crippen LogP contribution in [0.3, 0.4) is 0 Å². The van der Waals surface area contributed by atoms with Crippen molar-refractivity contribution in [3.05, 3.63) is 60.0 Å². The van der Waals surface area contributed by atoms with E-state index < -0.39 is 18.0 Å². The number of amides is 1. The minimum absolute atomic E-state index is 0.0202. The van der Waals surface area contributed by atoms with E-state index in [4.69, 9.17) is 9.47 Å². The summed E-state index contributed by atoms with van der Waals surface area (Å²) in [6, 6.07) is 12.0. The predicted octanol–water partition coefficient (Wildman–Crippen LogP) is 3.29. The molecule has 1 saturated heterocycles. The molecule has 0 radical (unpaired) electrons. The maximum absolute atomic E-state index is 13.4. The molecule has 30 heavy (non-hydrogen) atoms. The molecule has 0 bridgehead atoms. The molecule has 2 N–H and O–H groups in total. The second kappa shape index (κ2) is 8.75. The van der Waals surface area contributed by atoms with Crippen molar-refractivity contribution in [3.8, 4) is 11.5 Å². The summed E-state index contributed by atoms with van der Waals surface area (Å²) in [7, 11) is 1.43. The van der Waals surface area contributed by atoms with Gasteiger partial charge >= 0.3 is 0 Å². The van der Waals surface area contributed by atoms with Crippen LogP contribution >= 0.6 is 0 Å². The van der Waals surface area contributed by atoms with Gasteiger partial charge in [-0.3, -0.25) is 4.79 Å². The van der Waals surface area contributed by atoms with Gasteiger partial charge in [0.05, 0.1) is 19.8 Å². The van der Waals surface area contributed by atoms with E-state index in [1.165, 1.54) is 25.3 Å². The second-order valence-electron chi connectivity index (χ2n) is 7.51. The number of hydrogen-bond donors (Lipinski definition) is 2. The van der Waals surface area contributed by atoms with Crippen molar-refractivity contribution in [1.82, 2.24) is 9.88 Å². The molecule has 1 aromatic heterocycles. The van der Waals surface area contributed by atoms with Gasteiger partial charge in [0.1, 0.15) is 11.9 Å². The van der Waals surface area contributed by atoms with E-state index in [-0.39, 0.29) is 18.2 Å². The minimum atomic E-state index is -0.711. The first-order valence-electron chi connectivity index (χ1n) is 10.1. The zero-order valence-electron chi connectivity index (χ0n) is 16.8. The second-order valence-corrected chi connectivity index (χ2v) is 7.51. The molecule has 1 aliphatic rings. The number of fused-ring (bicyclic) bond motifs is 1. The van der Waals surface area contributed by atoms with Gasteiger partial charge < -0.3 is 24.5 Å². The van der Waals surface area contributed by atoms with E-state index in [1.807, 2.05) is 30.5 Å². The quantitative estimate of drug-likeness (QED) is 0.652. The van der Waals surface area contributed by atoms with Crippen LogP contribution in [0, 0.1) is 5.82 Å². The maximum atomic E-state index is 13.4. The number of aryl methyl sites for hydroxylation is 1. The third-order valence-corrected chi connectivity index (χ3v) is 5.56. The maximum Gasteiger partial charge on any atom is 0.223 e. The van der Waals surface area contributed by atoms with Gasteiger partial charge in [-0.2, -0.15) is 0 Å². The number of carbonyl (C=O) groups is 1. The SMILES string of the molecule is COc1cc(F)ccc1O[C@@H]1CN(C(=O)CCc2c[nH]c3ccccc23)CC[C@H]1O. The molecule has 6 nitrogen and oxygen atoms in total. The number of piperidine rings is 1. The summed E-state index contributed by atoms with van der Waals surface area (Å²) in [6.07, 6.45) is 2.08. The standard InChI is InChI=1S/C23H25FN2O4/c1-29-21-12-16(24)7-8-20(21)30-22-14-26(11-10-19(22)27)23(28)9-6-15-13-25-18-5-3-2-4-17(15)18/h2-5,7-8,12-13,19,22,25,27H,6,9-11,14H2,1H3/t19-,22-/m1/s1. The number of ether oxygens (including phenoxy) is 2. The van der Waals surface area contributed by atoms with Crippen LogP contribution in [0.2, 0.25) is 0 Å². The van der Waals surface area contributed by atoms with E-state index in [0.29, 0.717) is 31.6 Å². The first-order valence-corrected chi connectivity index (χ1v) is 10.1. The number of H-pyrrole nitrogens is 1. The molecular formula is C23H25FN2O4. The lowest BCUT2D eigenvalue weighted by molar-refractivity contribution is -0.136. The lowest BCUT2D eigenvalue weighted by atomic mass is 10.0. The van der Waals surface area contributed by atoms with Crippen molar-refractivity contribution < 1.29 is 23.8 Å². The van der Waals surface area contributed by atoms with Gasteiger partial charge in [0, 0.05) is 36.1 Å². The number of benzene rings is 2. The molecule has 1 fully saturated rings. The molecule has 7 heteroatoms. The number of aromatic amines is 1. The Balaban J connectivity index is 1.39. The molecule has 2 heterocycles. The number of likely N-dealkylation sites (tertiary alicyclic amines) is 1. The Morgan fingerprint density at radius 1 is 1.27 bits per heavy atom. The number of nitrogens with one attached hydrogen (secondary N) is 1. The molecule has 158 valence electrons. The summed E-state index contributed by atoms with van der Waals surface area (Å²) in [5.41, 5.74) is 2.17. The van der Waals surface area contributed by atoms with Crippen LogP contribution in [0.15, 0.2) is 48.7 Å². The third kappa shape index (κ3) is 4.26. The Labute approximate surface area is 174 Å². The molecule has 2 atom stereocenters. The van der Waals surface area contributed by atoms with Gasteiger partial charge in [0.25, 0.3) is 0 Å². The number of nitrogens with zero attached hydrogens (tertiary/aromatic N) is 1. The van der Waals surface area contributed by atoms with Gasteiger partial charge in [0.15, 0.2) is 11.5 Å². The molecule has 4 rings (SSSR count). The summed E-state index contributed by atoms with van der Waals surface area (Å²) in [4.78, 5) is 17.8. The van der Waals surface area contributed by atoms with Crippen molar-refractivity contribution >= 4 is 16.8 Å². The van der Waals surface area contributed by atoms with Gasteiger partial charge in [-0.1, -0.05) is 18.2 Å². The normalized spacial score (nSPS) is 19.1. The monoisotopic (exact) mass is 412 g/mol. The number of halogens is 1. The average molecular weight is 412 g/mol. The predicted molar refractivity (Wildman–Crippen MR) is 111 cm³/mol. The fourth-order valence-electron chi connectivity index (χ4n) is 3.89. The topological polar surface area (TPSA) is 74.8 Å². The number of para-hydroxylation sites is 1. The van der Waals surface area contributed by atoms with Crippen LogP contribution in [0.4, 0.5) is 4.39 Å². The van der Waals surface area contributed by atoms with E-state index in [2.05, 4.69) is 4.98 Å². The van der Waals surface area contributed by atoms with Crippen LogP contribution in [0.5, 0.6) is 11.5 Å². The van der Waals surface area contributed by atoms with Crippen LogP contribution in [0.1, 0.15) is 18.4 Å². The zero-order valence-corrected chi connectivity index (χ0v) is 16.8. The molecule has 0 unspecified atom stereocenters. The van der Waals surface area contributed by atoms with Crippen molar-refractivity contribution in [2.24, 2.45) is 0 Å². The Hall–Kier alpha value is -3.06. The third-order valence-electron chi connectivity index (χ3n) is 5.56. The fraction of sp³-hybridized carbons (Fsp3) is 0.348. The highest BCUT2D eigenvalue weighted by Gasteiger charge is 2.32. The van der Waals surface area contributed by atoms with Crippen molar-refractivity contribution in [1.29, 1.82) is 0 Å². The van der Waals surface area contributed by atoms with Gasteiger partial charge in [0.2, 0.25) is 5.91 Å². The number of aliphatic hydroxyl groups excluding tert-OH is 1. The molecule has 3 aromatic rings. The van der Waals surface area contributed by atoms with Crippen molar-refractivity contribution in [2.45, 2.75) is 31.5 Å². The van der Waals surface area contributed by atoms with E-state index in [9.17, 15) is 14.3 Å². The van der Waals surface area contributed by atoms with E-state index in [0.717, 1.165) is 16.5 Å². The minimum Gasteiger partial charge on any atom is -0.493 e. The largest absolute Gasteiger partial charge is 0.493 e. The number of methoxy groups -OCH3 is 1. The Morgan fingerprint density at radius 3 is 2.93 bits per heavy atom. The van der Waals surface area contributed by atoms with E-state index in [1.54, 1.807) is 4.90 Å². The number of hydrogen-bond acceptors (Lipinski definition) is 4. The molecule has 1 amide bonds. The summed E-state index contributed by atoms with van der Waals surface area (Å²) in [5.74, 6) is 0.186. The summed E-state index contributed by atoms with van der Waals surface area (Å²) in [5, 5.41) is 11.5. The first-order chi connectivity index (χ1) is 14.5. The van der Waals surface area contributed by atoms with Gasteiger partial charge in [-0.15, -0.1) is 0 Å². The summed E-state index contributed by atoms with van der Waals surface area (Å²) >= 11 is 0.